The van der Waals surface area contributed by atoms with Crippen LogP contribution in [0.25, 0.3) is 0 Å². The van der Waals surface area contributed by atoms with Crippen molar-refractivity contribution in [2.24, 2.45) is 11.8 Å². The molecule has 0 spiro atoms. The molecule has 4 heteroatoms. The predicted octanol–water partition coefficient (Wildman–Crippen LogP) is 2.48. The maximum Gasteiger partial charge on any atom is 0.308 e. The van der Waals surface area contributed by atoms with E-state index >= 15 is 0 Å². The van der Waals surface area contributed by atoms with Crippen molar-refractivity contribution in [1.82, 2.24) is 0 Å². The highest BCUT2D eigenvalue weighted by Crippen LogP contribution is 2.17. The summed E-state index contributed by atoms with van der Waals surface area (Å²) in [5.41, 5.74) is 0. The zero-order valence-electron chi connectivity index (χ0n) is 12.1. The molecule has 2 unspecified atom stereocenters. The van der Waals surface area contributed by atoms with Gasteiger partial charge >= 0.3 is 5.97 Å². The van der Waals surface area contributed by atoms with Crippen LogP contribution in [0.2, 0.25) is 0 Å². The monoisotopic (exact) mass is 270 g/mol. The Morgan fingerprint density at radius 1 is 1.05 bits per heavy atom. The summed E-state index contributed by atoms with van der Waals surface area (Å²) < 4.78 is 5.14. The van der Waals surface area contributed by atoms with E-state index in [0.717, 1.165) is 32.1 Å². The molecule has 0 aromatic heterocycles. The molecule has 1 aliphatic heterocycles. The SMILES string of the molecule is CC1C(=O)CCCCCC[C@@H](C)C(=O)OCCC1O. The van der Waals surface area contributed by atoms with Crippen molar-refractivity contribution in [3.8, 4) is 0 Å². The van der Waals surface area contributed by atoms with E-state index < -0.39 is 6.10 Å². The Labute approximate surface area is 115 Å². The van der Waals surface area contributed by atoms with Crippen molar-refractivity contribution < 1.29 is 19.4 Å². The first-order valence-electron chi connectivity index (χ1n) is 7.39. The fourth-order valence-electron chi connectivity index (χ4n) is 2.34. The molecule has 0 amide bonds. The van der Waals surface area contributed by atoms with Gasteiger partial charge in [0.1, 0.15) is 5.78 Å². The van der Waals surface area contributed by atoms with E-state index in [2.05, 4.69) is 0 Å². The smallest absolute Gasteiger partial charge is 0.308 e. The lowest BCUT2D eigenvalue weighted by molar-refractivity contribution is -0.149. The van der Waals surface area contributed by atoms with Gasteiger partial charge in [0.25, 0.3) is 0 Å². The van der Waals surface area contributed by atoms with Crippen LogP contribution < -0.4 is 0 Å². The molecule has 1 rings (SSSR count). The van der Waals surface area contributed by atoms with Crippen molar-refractivity contribution in [2.45, 2.75) is 64.9 Å². The zero-order valence-corrected chi connectivity index (χ0v) is 12.1. The molecule has 0 saturated carbocycles. The van der Waals surface area contributed by atoms with Gasteiger partial charge in [-0.3, -0.25) is 9.59 Å². The lowest BCUT2D eigenvalue weighted by atomic mass is 9.93. The summed E-state index contributed by atoms with van der Waals surface area (Å²) in [4.78, 5) is 23.5. The summed E-state index contributed by atoms with van der Waals surface area (Å²) in [6.07, 6.45) is 4.96. The van der Waals surface area contributed by atoms with E-state index in [4.69, 9.17) is 4.74 Å². The number of ketones is 1. The number of carbonyl (C=O) groups excluding carboxylic acids is 2. The van der Waals surface area contributed by atoms with E-state index in [9.17, 15) is 14.7 Å². The Morgan fingerprint density at radius 2 is 1.74 bits per heavy atom. The van der Waals surface area contributed by atoms with E-state index in [1.54, 1.807) is 6.92 Å². The molecule has 4 nitrogen and oxygen atoms in total. The Hall–Kier alpha value is -0.900. The van der Waals surface area contributed by atoms with Crippen LogP contribution in [0.5, 0.6) is 0 Å². The third-order valence-corrected chi connectivity index (χ3v) is 3.96. The molecule has 1 fully saturated rings. The highest BCUT2D eigenvalue weighted by Gasteiger charge is 2.22. The molecule has 1 heterocycles. The van der Waals surface area contributed by atoms with Crippen molar-refractivity contribution in [3.05, 3.63) is 0 Å². The topological polar surface area (TPSA) is 63.6 Å². The first kappa shape index (κ1) is 16.2. The van der Waals surface area contributed by atoms with Crippen molar-refractivity contribution in [3.63, 3.8) is 0 Å². The van der Waals surface area contributed by atoms with Crippen molar-refractivity contribution in [2.75, 3.05) is 6.61 Å². The zero-order chi connectivity index (χ0) is 14.3. The molecule has 110 valence electrons. The van der Waals surface area contributed by atoms with E-state index in [1.165, 1.54) is 0 Å². The number of hydrogen-bond donors (Lipinski definition) is 1. The molecule has 1 saturated heterocycles. The fourth-order valence-corrected chi connectivity index (χ4v) is 2.34. The summed E-state index contributed by atoms with van der Waals surface area (Å²) in [5, 5.41) is 9.90. The summed E-state index contributed by atoms with van der Waals surface area (Å²) >= 11 is 0. The molecule has 0 aromatic carbocycles. The molecule has 0 bridgehead atoms. The van der Waals surface area contributed by atoms with Crippen LogP contribution in [0.1, 0.15) is 58.8 Å². The molecule has 0 radical (unpaired) electrons. The van der Waals surface area contributed by atoms with Crippen LogP contribution in [0.3, 0.4) is 0 Å². The average Bonchev–Trinajstić information content (AvgIpc) is 2.39. The fraction of sp³-hybridized carbons (Fsp3) is 0.867. The summed E-state index contributed by atoms with van der Waals surface area (Å²) in [6, 6.07) is 0. The number of Topliss-reactive ketones (excluding diaryl/α,β-unsaturated/α-hetero) is 1. The van der Waals surface area contributed by atoms with Gasteiger partial charge in [0.15, 0.2) is 0 Å². The van der Waals surface area contributed by atoms with Gasteiger partial charge in [-0.25, -0.2) is 0 Å². The number of ether oxygens (including phenoxy) is 1. The minimum absolute atomic E-state index is 0.0702. The van der Waals surface area contributed by atoms with Gasteiger partial charge in [0.05, 0.1) is 18.6 Å². The highest BCUT2D eigenvalue weighted by molar-refractivity contribution is 5.81. The van der Waals surface area contributed by atoms with Gasteiger partial charge in [0, 0.05) is 18.8 Å². The lowest BCUT2D eigenvalue weighted by Crippen LogP contribution is -2.28. The summed E-state index contributed by atoms with van der Waals surface area (Å²) in [7, 11) is 0. The second-order valence-corrected chi connectivity index (χ2v) is 5.63. The number of rotatable bonds is 0. The summed E-state index contributed by atoms with van der Waals surface area (Å²) in [5.74, 6) is -0.509. The van der Waals surface area contributed by atoms with Crippen LogP contribution in [-0.2, 0) is 14.3 Å². The van der Waals surface area contributed by atoms with Crippen LogP contribution in [-0.4, -0.2) is 29.6 Å². The number of esters is 1. The van der Waals surface area contributed by atoms with Crippen LogP contribution in [0.4, 0.5) is 0 Å². The predicted molar refractivity (Wildman–Crippen MR) is 72.6 cm³/mol. The molecule has 19 heavy (non-hydrogen) atoms. The van der Waals surface area contributed by atoms with E-state index in [-0.39, 0.29) is 30.2 Å². The van der Waals surface area contributed by atoms with Crippen molar-refractivity contribution in [1.29, 1.82) is 0 Å². The number of cyclic esters (lactones) is 1. The molecule has 0 aromatic rings. The third-order valence-electron chi connectivity index (χ3n) is 3.96. The van der Waals surface area contributed by atoms with Gasteiger partial charge in [-0.05, 0) is 12.8 Å². The minimum atomic E-state index is -0.710. The van der Waals surface area contributed by atoms with E-state index in [0.29, 0.717) is 12.8 Å². The quantitative estimate of drug-likeness (QED) is 0.687. The number of hydrogen-bond acceptors (Lipinski definition) is 4. The van der Waals surface area contributed by atoms with Crippen molar-refractivity contribution >= 4 is 11.8 Å². The van der Waals surface area contributed by atoms with Crippen LogP contribution in [0.15, 0.2) is 0 Å². The first-order chi connectivity index (χ1) is 9.02. The Kier molecular flexibility index (Phi) is 7.06. The lowest BCUT2D eigenvalue weighted by Gasteiger charge is -2.19. The Morgan fingerprint density at radius 3 is 2.47 bits per heavy atom. The second kappa shape index (κ2) is 8.31. The van der Waals surface area contributed by atoms with Gasteiger partial charge < -0.3 is 9.84 Å². The normalized spacial score (nSPS) is 32.5. The van der Waals surface area contributed by atoms with E-state index in [1.807, 2.05) is 6.92 Å². The number of aliphatic hydroxyl groups is 1. The van der Waals surface area contributed by atoms with Crippen LogP contribution in [0, 0.1) is 11.8 Å². The second-order valence-electron chi connectivity index (χ2n) is 5.63. The number of carbonyl (C=O) groups is 2. The number of aliphatic hydroxyl groups excluding tert-OH is 1. The molecular weight excluding hydrogens is 244 g/mol. The third kappa shape index (κ3) is 5.72. The molecule has 1 aliphatic rings. The van der Waals surface area contributed by atoms with Gasteiger partial charge in [-0.1, -0.05) is 33.1 Å². The molecule has 1 N–H and O–H groups in total. The first-order valence-corrected chi connectivity index (χ1v) is 7.39. The molecule has 0 aliphatic carbocycles. The maximum atomic E-state index is 11.8. The molecule has 3 atom stereocenters. The van der Waals surface area contributed by atoms with Gasteiger partial charge in [0.2, 0.25) is 0 Å². The highest BCUT2D eigenvalue weighted by atomic mass is 16.5. The van der Waals surface area contributed by atoms with Crippen LogP contribution >= 0.6 is 0 Å². The Balaban J connectivity index is 2.53. The molecular formula is C15H26O4. The Bertz CT molecular complexity index is 301. The standard InChI is InChI=1S/C15H26O4/c1-11-7-5-3-4-6-8-13(16)12(2)14(17)9-10-19-15(11)18/h11-12,14,17H,3-10H2,1-2H3/t11-,12?,14?/m1/s1. The largest absolute Gasteiger partial charge is 0.465 e. The maximum absolute atomic E-state index is 11.8. The van der Waals surface area contributed by atoms with Gasteiger partial charge in [-0.15, -0.1) is 0 Å². The average molecular weight is 270 g/mol. The van der Waals surface area contributed by atoms with Gasteiger partial charge in [-0.2, -0.15) is 0 Å². The summed E-state index contributed by atoms with van der Waals surface area (Å²) in [6.45, 7) is 3.84. The minimum Gasteiger partial charge on any atom is -0.465 e.